The summed E-state index contributed by atoms with van der Waals surface area (Å²) in [5, 5.41) is 2.72. The van der Waals surface area contributed by atoms with Crippen LogP contribution in [0.15, 0.2) is 18.2 Å². The molecule has 1 atom stereocenters. The lowest BCUT2D eigenvalue weighted by Crippen LogP contribution is -2.27. The third-order valence-corrected chi connectivity index (χ3v) is 3.67. The fourth-order valence-corrected chi connectivity index (χ4v) is 2.59. The summed E-state index contributed by atoms with van der Waals surface area (Å²) in [5.74, 6) is -0.808. The van der Waals surface area contributed by atoms with Gasteiger partial charge in [-0.1, -0.05) is 0 Å². The molecule has 1 fully saturated rings. The van der Waals surface area contributed by atoms with Crippen molar-refractivity contribution in [3.63, 3.8) is 0 Å². The Labute approximate surface area is 131 Å². The Kier molecular flexibility index (Phi) is 5.36. The normalized spacial score (nSPS) is 17.8. The average molecular weight is 389 g/mol. The molecule has 108 valence electrons. The van der Waals surface area contributed by atoms with Crippen molar-refractivity contribution >= 4 is 40.2 Å². The van der Waals surface area contributed by atoms with Crippen LogP contribution in [0.2, 0.25) is 0 Å². The highest BCUT2D eigenvalue weighted by Gasteiger charge is 2.25. The second kappa shape index (κ2) is 7.03. The number of amides is 1. The number of carbonyl (C=O) groups excluding carboxylic acids is 2. The number of halogens is 1. The zero-order valence-corrected chi connectivity index (χ0v) is 13.3. The Morgan fingerprint density at radius 1 is 1.50 bits per heavy atom. The molecule has 6 heteroatoms. The van der Waals surface area contributed by atoms with Crippen LogP contribution in [0.1, 0.15) is 18.4 Å². The van der Waals surface area contributed by atoms with Gasteiger partial charge in [-0.15, -0.1) is 0 Å². The lowest BCUT2D eigenvalue weighted by Gasteiger charge is -2.11. The SMILES string of the molecule is Cc1cc(I)ccc1NC(=O)COC(=O)[C@@H]1CCCO1. The minimum absolute atomic E-state index is 0.288. The number of hydrogen-bond donors (Lipinski definition) is 1. The molecule has 1 N–H and O–H groups in total. The second-order valence-electron chi connectivity index (χ2n) is 4.62. The van der Waals surface area contributed by atoms with Crippen LogP contribution in [0.4, 0.5) is 5.69 Å². The van der Waals surface area contributed by atoms with Gasteiger partial charge in [-0.25, -0.2) is 4.79 Å². The first-order valence-corrected chi connectivity index (χ1v) is 7.48. The Morgan fingerprint density at radius 3 is 2.95 bits per heavy atom. The molecule has 0 radical (unpaired) electrons. The highest BCUT2D eigenvalue weighted by atomic mass is 127. The van der Waals surface area contributed by atoms with Crippen LogP contribution >= 0.6 is 22.6 Å². The maximum Gasteiger partial charge on any atom is 0.335 e. The van der Waals surface area contributed by atoms with Crippen LogP contribution < -0.4 is 5.32 Å². The van der Waals surface area contributed by atoms with Crippen molar-refractivity contribution in [2.75, 3.05) is 18.5 Å². The highest BCUT2D eigenvalue weighted by molar-refractivity contribution is 14.1. The standard InChI is InChI=1S/C14H16INO4/c1-9-7-10(15)4-5-11(9)16-13(17)8-20-14(18)12-3-2-6-19-12/h4-5,7,12H,2-3,6,8H2,1H3,(H,16,17)/t12-/m0/s1. The number of carbonyl (C=O) groups is 2. The third kappa shape index (κ3) is 4.17. The van der Waals surface area contributed by atoms with Crippen LogP contribution in [0.25, 0.3) is 0 Å². The van der Waals surface area contributed by atoms with E-state index in [1.807, 2.05) is 25.1 Å². The first kappa shape index (κ1) is 15.2. The van der Waals surface area contributed by atoms with E-state index >= 15 is 0 Å². The van der Waals surface area contributed by atoms with Crippen molar-refractivity contribution in [3.05, 3.63) is 27.3 Å². The van der Waals surface area contributed by atoms with Crippen LogP contribution in [0.5, 0.6) is 0 Å². The van der Waals surface area contributed by atoms with Gasteiger partial charge >= 0.3 is 5.97 Å². The number of esters is 1. The molecule has 2 rings (SSSR count). The van der Waals surface area contributed by atoms with Gasteiger partial charge in [0.15, 0.2) is 12.7 Å². The van der Waals surface area contributed by atoms with Gasteiger partial charge < -0.3 is 14.8 Å². The molecule has 0 unspecified atom stereocenters. The van der Waals surface area contributed by atoms with Gasteiger partial charge in [0.1, 0.15) is 0 Å². The van der Waals surface area contributed by atoms with Crippen LogP contribution in [-0.4, -0.2) is 31.2 Å². The first-order chi connectivity index (χ1) is 9.56. The van der Waals surface area contributed by atoms with Crippen molar-refractivity contribution in [1.82, 2.24) is 0 Å². The van der Waals surface area contributed by atoms with Crippen molar-refractivity contribution in [1.29, 1.82) is 0 Å². The number of nitrogens with one attached hydrogen (secondary N) is 1. The number of rotatable bonds is 4. The predicted molar refractivity (Wildman–Crippen MR) is 82.5 cm³/mol. The molecule has 1 aliphatic heterocycles. The maximum absolute atomic E-state index is 11.7. The van der Waals surface area contributed by atoms with Crippen LogP contribution in [-0.2, 0) is 19.1 Å². The third-order valence-electron chi connectivity index (χ3n) is 3.00. The van der Waals surface area contributed by atoms with Crippen molar-refractivity contribution in [2.45, 2.75) is 25.9 Å². The minimum Gasteiger partial charge on any atom is -0.454 e. The van der Waals surface area contributed by atoms with E-state index in [2.05, 4.69) is 27.9 Å². The molecule has 0 aromatic heterocycles. The van der Waals surface area contributed by atoms with Gasteiger partial charge in [-0.05, 0) is 66.1 Å². The topological polar surface area (TPSA) is 64.6 Å². The number of aryl methyl sites for hydroxylation is 1. The molecule has 0 saturated carbocycles. The summed E-state index contributed by atoms with van der Waals surface area (Å²) < 4.78 is 11.2. The summed E-state index contributed by atoms with van der Waals surface area (Å²) in [7, 11) is 0. The van der Waals surface area contributed by atoms with Crippen molar-refractivity contribution < 1.29 is 19.1 Å². The van der Waals surface area contributed by atoms with Gasteiger partial charge in [0, 0.05) is 15.9 Å². The molecule has 1 amide bonds. The monoisotopic (exact) mass is 389 g/mol. The van der Waals surface area contributed by atoms with Crippen LogP contribution in [0, 0.1) is 10.5 Å². The zero-order valence-electron chi connectivity index (χ0n) is 11.1. The summed E-state index contributed by atoms with van der Waals surface area (Å²) in [6.45, 7) is 2.20. The molecule has 0 spiro atoms. The molecular weight excluding hydrogens is 373 g/mol. The lowest BCUT2D eigenvalue weighted by molar-refractivity contribution is -0.156. The van der Waals surface area contributed by atoms with E-state index in [-0.39, 0.29) is 12.5 Å². The molecule has 0 bridgehead atoms. The van der Waals surface area contributed by atoms with Gasteiger partial charge in [0.2, 0.25) is 0 Å². The molecule has 1 aromatic carbocycles. The fourth-order valence-electron chi connectivity index (χ4n) is 1.95. The molecule has 1 aliphatic rings. The minimum atomic E-state index is -0.511. The number of hydrogen-bond acceptors (Lipinski definition) is 4. The molecular formula is C14H16INO4. The predicted octanol–water partition coefficient (Wildman–Crippen LogP) is 2.26. The number of benzene rings is 1. The smallest absolute Gasteiger partial charge is 0.335 e. The fraction of sp³-hybridized carbons (Fsp3) is 0.429. The Bertz CT molecular complexity index is 512. The summed E-state index contributed by atoms with van der Waals surface area (Å²) >= 11 is 2.21. The molecule has 1 aromatic rings. The Morgan fingerprint density at radius 2 is 2.30 bits per heavy atom. The second-order valence-corrected chi connectivity index (χ2v) is 5.86. The van der Waals surface area contributed by atoms with Gasteiger partial charge in [0.05, 0.1) is 0 Å². The number of ether oxygens (including phenoxy) is 2. The van der Waals surface area contributed by atoms with E-state index in [0.717, 1.165) is 21.2 Å². The lowest BCUT2D eigenvalue weighted by atomic mass is 10.2. The molecule has 0 aliphatic carbocycles. The van der Waals surface area contributed by atoms with E-state index in [1.54, 1.807) is 0 Å². The quantitative estimate of drug-likeness (QED) is 0.634. The van der Waals surface area contributed by atoms with Gasteiger partial charge in [0.25, 0.3) is 5.91 Å². The maximum atomic E-state index is 11.7. The van der Waals surface area contributed by atoms with Crippen LogP contribution in [0.3, 0.4) is 0 Å². The Balaban J connectivity index is 1.81. The molecule has 1 heterocycles. The van der Waals surface area contributed by atoms with Gasteiger partial charge in [-0.3, -0.25) is 4.79 Å². The van der Waals surface area contributed by atoms with Crippen molar-refractivity contribution in [2.24, 2.45) is 0 Å². The van der Waals surface area contributed by atoms with Gasteiger partial charge in [-0.2, -0.15) is 0 Å². The average Bonchev–Trinajstić information content (AvgIpc) is 2.93. The largest absolute Gasteiger partial charge is 0.454 e. The summed E-state index contributed by atoms with van der Waals surface area (Å²) in [6, 6.07) is 5.70. The zero-order chi connectivity index (χ0) is 14.5. The highest BCUT2D eigenvalue weighted by Crippen LogP contribution is 2.17. The number of anilines is 1. The summed E-state index contributed by atoms with van der Waals surface area (Å²) in [5.41, 5.74) is 1.69. The molecule has 5 nitrogen and oxygen atoms in total. The molecule has 20 heavy (non-hydrogen) atoms. The first-order valence-electron chi connectivity index (χ1n) is 6.40. The molecule has 1 saturated heterocycles. The van der Waals surface area contributed by atoms with E-state index in [9.17, 15) is 9.59 Å². The summed E-state index contributed by atoms with van der Waals surface area (Å²) in [6.07, 6.45) is 1.01. The van der Waals surface area contributed by atoms with E-state index in [0.29, 0.717) is 13.0 Å². The van der Waals surface area contributed by atoms with E-state index < -0.39 is 12.1 Å². The van der Waals surface area contributed by atoms with E-state index in [1.165, 1.54) is 0 Å². The van der Waals surface area contributed by atoms with E-state index in [4.69, 9.17) is 9.47 Å². The Hall–Kier alpha value is -1.15. The van der Waals surface area contributed by atoms with Crippen molar-refractivity contribution in [3.8, 4) is 0 Å². The summed E-state index contributed by atoms with van der Waals surface area (Å²) in [4.78, 5) is 23.3.